The van der Waals surface area contributed by atoms with Crippen LogP contribution in [0.1, 0.15) is 0 Å². The van der Waals surface area contributed by atoms with Crippen molar-refractivity contribution in [2.24, 2.45) is 0 Å². The standard InChI is InChI=1S/C8H7BrFNO2/c1-11-8(12)13-7-3-5(9)2-6(10)4-7/h2-4H,1H3,(H,11,12). The first kappa shape index (κ1) is 9.98. The molecule has 1 N–H and O–H groups in total. The van der Waals surface area contributed by atoms with Crippen molar-refractivity contribution in [3.63, 3.8) is 0 Å². The van der Waals surface area contributed by atoms with E-state index < -0.39 is 11.9 Å². The van der Waals surface area contributed by atoms with Gasteiger partial charge in [-0.3, -0.25) is 0 Å². The van der Waals surface area contributed by atoms with Gasteiger partial charge in [-0.25, -0.2) is 9.18 Å². The summed E-state index contributed by atoms with van der Waals surface area (Å²) in [7, 11) is 1.43. The molecule has 5 heteroatoms. The predicted octanol–water partition coefficient (Wildman–Crippen LogP) is 2.31. The van der Waals surface area contributed by atoms with E-state index in [2.05, 4.69) is 21.2 Å². The maximum atomic E-state index is 12.7. The Morgan fingerprint density at radius 1 is 1.54 bits per heavy atom. The van der Waals surface area contributed by atoms with Gasteiger partial charge in [-0.05, 0) is 12.1 Å². The minimum Gasteiger partial charge on any atom is -0.410 e. The number of amides is 1. The normalized spacial score (nSPS) is 9.46. The molecule has 1 amide bonds. The predicted molar refractivity (Wildman–Crippen MR) is 49.2 cm³/mol. The van der Waals surface area contributed by atoms with Gasteiger partial charge in [-0.1, -0.05) is 15.9 Å². The molecule has 0 unspecified atom stereocenters. The Balaban J connectivity index is 2.83. The lowest BCUT2D eigenvalue weighted by molar-refractivity contribution is 0.203. The van der Waals surface area contributed by atoms with E-state index in [4.69, 9.17) is 4.74 Å². The number of hydrogen-bond donors (Lipinski definition) is 1. The van der Waals surface area contributed by atoms with Crippen molar-refractivity contribution in [2.75, 3.05) is 7.05 Å². The summed E-state index contributed by atoms with van der Waals surface area (Å²) >= 11 is 3.07. The second-order valence-corrected chi connectivity index (χ2v) is 3.16. The Bertz CT molecular complexity index is 310. The molecule has 0 radical (unpaired) electrons. The van der Waals surface area contributed by atoms with Gasteiger partial charge in [0.2, 0.25) is 0 Å². The van der Waals surface area contributed by atoms with Crippen LogP contribution in [0.4, 0.5) is 9.18 Å². The van der Waals surface area contributed by atoms with E-state index >= 15 is 0 Å². The van der Waals surface area contributed by atoms with Crippen LogP contribution in [0.3, 0.4) is 0 Å². The van der Waals surface area contributed by atoms with E-state index in [0.717, 1.165) is 6.07 Å². The molecule has 0 fully saturated rings. The Kier molecular flexibility index (Phi) is 3.25. The summed E-state index contributed by atoms with van der Waals surface area (Å²) in [6.45, 7) is 0. The van der Waals surface area contributed by atoms with E-state index in [1.165, 1.54) is 19.2 Å². The Morgan fingerprint density at radius 3 is 2.77 bits per heavy atom. The van der Waals surface area contributed by atoms with Crippen molar-refractivity contribution in [3.8, 4) is 5.75 Å². The van der Waals surface area contributed by atoms with Crippen LogP contribution in [-0.4, -0.2) is 13.1 Å². The molecular weight excluding hydrogens is 241 g/mol. The molecule has 1 aromatic carbocycles. The molecule has 13 heavy (non-hydrogen) atoms. The van der Waals surface area contributed by atoms with Crippen LogP contribution >= 0.6 is 15.9 Å². The minimum absolute atomic E-state index is 0.159. The summed E-state index contributed by atoms with van der Waals surface area (Å²) in [6.07, 6.45) is -0.627. The summed E-state index contributed by atoms with van der Waals surface area (Å²) in [6, 6.07) is 3.90. The van der Waals surface area contributed by atoms with Crippen LogP contribution in [0.15, 0.2) is 22.7 Å². The molecule has 0 aliphatic rings. The maximum Gasteiger partial charge on any atom is 0.412 e. The molecule has 0 aromatic heterocycles. The topological polar surface area (TPSA) is 38.3 Å². The molecule has 1 rings (SSSR count). The summed E-state index contributed by atoms with van der Waals surface area (Å²) in [4.78, 5) is 10.7. The molecule has 0 saturated heterocycles. The third-order valence-corrected chi connectivity index (χ3v) is 1.71. The molecule has 3 nitrogen and oxygen atoms in total. The Morgan fingerprint density at radius 2 is 2.23 bits per heavy atom. The zero-order chi connectivity index (χ0) is 9.84. The van der Waals surface area contributed by atoms with Crippen LogP contribution in [0.25, 0.3) is 0 Å². The van der Waals surface area contributed by atoms with Gasteiger partial charge in [0.25, 0.3) is 0 Å². The van der Waals surface area contributed by atoms with Gasteiger partial charge >= 0.3 is 6.09 Å². The fraction of sp³-hybridized carbons (Fsp3) is 0.125. The summed E-state index contributed by atoms with van der Waals surface area (Å²) in [5.41, 5.74) is 0. The number of nitrogens with one attached hydrogen (secondary N) is 1. The van der Waals surface area contributed by atoms with Gasteiger partial charge in [-0.15, -0.1) is 0 Å². The first-order valence-corrected chi connectivity index (χ1v) is 4.27. The van der Waals surface area contributed by atoms with Crippen LogP contribution in [0.2, 0.25) is 0 Å². The van der Waals surface area contributed by atoms with E-state index in [-0.39, 0.29) is 5.75 Å². The third kappa shape index (κ3) is 3.02. The Labute approximate surface area is 83.0 Å². The van der Waals surface area contributed by atoms with Crippen molar-refractivity contribution in [1.29, 1.82) is 0 Å². The number of ether oxygens (including phenoxy) is 1. The molecule has 0 aliphatic heterocycles. The molecule has 70 valence electrons. The van der Waals surface area contributed by atoms with Crippen molar-refractivity contribution < 1.29 is 13.9 Å². The van der Waals surface area contributed by atoms with Crippen molar-refractivity contribution in [1.82, 2.24) is 5.32 Å². The van der Waals surface area contributed by atoms with Crippen LogP contribution in [-0.2, 0) is 0 Å². The van der Waals surface area contributed by atoms with E-state index in [9.17, 15) is 9.18 Å². The highest BCUT2D eigenvalue weighted by Gasteiger charge is 2.03. The summed E-state index contributed by atoms with van der Waals surface area (Å²) in [5, 5.41) is 2.25. The molecular formula is C8H7BrFNO2. The van der Waals surface area contributed by atoms with Crippen LogP contribution in [0, 0.1) is 5.82 Å². The minimum atomic E-state index is -0.627. The van der Waals surface area contributed by atoms with Crippen LogP contribution in [0.5, 0.6) is 5.75 Å². The van der Waals surface area contributed by atoms with E-state index in [0.29, 0.717) is 4.47 Å². The molecule has 1 aromatic rings. The van der Waals surface area contributed by atoms with Gasteiger partial charge in [-0.2, -0.15) is 0 Å². The highest BCUT2D eigenvalue weighted by molar-refractivity contribution is 9.10. The fourth-order valence-electron chi connectivity index (χ4n) is 0.746. The number of carbonyl (C=O) groups excluding carboxylic acids is 1. The quantitative estimate of drug-likeness (QED) is 0.828. The van der Waals surface area contributed by atoms with Gasteiger partial charge in [0.05, 0.1) is 0 Å². The van der Waals surface area contributed by atoms with Gasteiger partial charge < -0.3 is 10.1 Å². The van der Waals surface area contributed by atoms with E-state index in [1.54, 1.807) is 0 Å². The lowest BCUT2D eigenvalue weighted by Crippen LogP contribution is -2.22. The van der Waals surface area contributed by atoms with Crippen LogP contribution < -0.4 is 10.1 Å². The first-order chi connectivity index (χ1) is 6.11. The van der Waals surface area contributed by atoms with Gasteiger partial charge in [0.1, 0.15) is 11.6 Å². The third-order valence-electron chi connectivity index (χ3n) is 1.25. The van der Waals surface area contributed by atoms with E-state index in [1.807, 2.05) is 0 Å². The van der Waals surface area contributed by atoms with Gasteiger partial charge in [0.15, 0.2) is 0 Å². The van der Waals surface area contributed by atoms with Crippen molar-refractivity contribution in [3.05, 3.63) is 28.5 Å². The maximum absolute atomic E-state index is 12.7. The lowest BCUT2D eigenvalue weighted by atomic mass is 10.3. The molecule has 0 spiro atoms. The molecule has 0 saturated carbocycles. The first-order valence-electron chi connectivity index (χ1n) is 3.47. The second kappa shape index (κ2) is 4.23. The molecule has 0 heterocycles. The Hall–Kier alpha value is -1.10. The zero-order valence-corrected chi connectivity index (χ0v) is 8.39. The summed E-state index contributed by atoms with van der Waals surface area (Å²) < 4.78 is 18.0. The highest BCUT2D eigenvalue weighted by Crippen LogP contribution is 2.20. The molecule has 0 aliphatic carbocycles. The number of benzene rings is 1. The SMILES string of the molecule is CNC(=O)Oc1cc(F)cc(Br)c1. The molecule has 0 atom stereocenters. The number of halogens is 2. The number of hydrogen-bond acceptors (Lipinski definition) is 2. The van der Waals surface area contributed by atoms with Crippen molar-refractivity contribution in [2.45, 2.75) is 0 Å². The summed E-state index contributed by atoms with van der Waals surface area (Å²) in [5.74, 6) is -0.306. The lowest BCUT2D eigenvalue weighted by Gasteiger charge is -2.03. The monoisotopic (exact) mass is 247 g/mol. The second-order valence-electron chi connectivity index (χ2n) is 2.24. The van der Waals surface area contributed by atoms with Gasteiger partial charge in [0, 0.05) is 17.6 Å². The highest BCUT2D eigenvalue weighted by atomic mass is 79.9. The number of rotatable bonds is 1. The van der Waals surface area contributed by atoms with Crippen molar-refractivity contribution >= 4 is 22.0 Å². The molecule has 0 bridgehead atoms. The zero-order valence-electron chi connectivity index (χ0n) is 6.80. The average molecular weight is 248 g/mol. The smallest absolute Gasteiger partial charge is 0.410 e. The largest absolute Gasteiger partial charge is 0.412 e. The average Bonchev–Trinajstić information content (AvgIpc) is 2.02. The number of carbonyl (C=O) groups is 1. The fourth-order valence-corrected chi connectivity index (χ4v) is 1.19.